The van der Waals surface area contributed by atoms with Crippen LogP contribution >= 0.6 is 0 Å². The number of methoxy groups -OCH3 is 1. The third-order valence-electron chi connectivity index (χ3n) is 5.46. The Bertz CT molecular complexity index is 893. The van der Waals surface area contributed by atoms with Gasteiger partial charge in [-0.15, -0.1) is 5.10 Å². The fraction of sp³-hybridized carbons (Fsp3) is 0.381. The molecule has 152 valence electrons. The smallest absolute Gasteiger partial charge is 0.214 e. The van der Waals surface area contributed by atoms with Crippen LogP contribution in [0.2, 0.25) is 0 Å². The van der Waals surface area contributed by atoms with Gasteiger partial charge in [-0.2, -0.15) is 0 Å². The van der Waals surface area contributed by atoms with Gasteiger partial charge < -0.3 is 14.5 Å². The molecule has 0 radical (unpaired) electrons. The maximum absolute atomic E-state index is 13.2. The minimum Gasteiger partial charge on any atom is -0.383 e. The van der Waals surface area contributed by atoms with Gasteiger partial charge >= 0.3 is 0 Å². The van der Waals surface area contributed by atoms with E-state index in [4.69, 9.17) is 4.74 Å². The number of hydrogen-bond donors (Lipinski definition) is 1. The first-order valence-electron chi connectivity index (χ1n) is 9.91. The SMILES string of the molecule is COCCn1nnnc1[C@@H](c1ccccc1)[NH+]1CCN(c2ccc(F)cc2)CC1. The van der Waals surface area contributed by atoms with Gasteiger partial charge in [-0.3, -0.25) is 0 Å². The summed E-state index contributed by atoms with van der Waals surface area (Å²) < 4.78 is 20.3. The quantitative estimate of drug-likeness (QED) is 0.643. The van der Waals surface area contributed by atoms with Crippen molar-refractivity contribution >= 4 is 5.69 Å². The Morgan fingerprint density at radius 1 is 1.07 bits per heavy atom. The fourth-order valence-corrected chi connectivity index (χ4v) is 3.96. The van der Waals surface area contributed by atoms with Crippen molar-refractivity contribution in [2.75, 3.05) is 44.8 Å². The second kappa shape index (κ2) is 9.11. The first-order valence-corrected chi connectivity index (χ1v) is 9.91. The number of nitrogens with zero attached hydrogens (tertiary/aromatic N) is 5. The lowest BCUT2D eigenvalue weighted by Gasteiger charge is -2.37. The summed E-state index contributed by atoms with van der Waals surface area (Å²) in [7, 11) is 1.68. The third kappa shape index (κ3) is 4.44. The zero-order valence-corrected chi connectivity index (χ0v) is 16.5. The lowest BCUT2D eigenvalue weighted by atomic mass is 10.0. The molecule has 1 aliphatic rings. The van der Waals surface area contributed by atoms with Crippen LogP contribution in [0.25, 0.3) is 0 Å². The lowest BCUT2D eigenvalue weighted by Crippen LogP contribution is -3.15. The van der Waals surface area contributed by atoms with E-state index in [1.807, 2.05) is 22.9 Å². The second-order valence-corrected chi connectivity index (χ2v) is 7.22. The number of quaternary nitrogens is 1. The van der Waals surface area contributed by atoms with Crippen LogP contribution < -0.4 is 9.80 Å². The maximum Gasteiger partial charge on any atom is 0.214 e. The van der Waals surface area contributed by atoms with Gasteiger partial charge in [0.1, 0.15) is 5.82 Å². The van der Waals surface area contributed by atoms with Crippen LogP contribution in [0.4, 0.5) is 10.1 Å². The summed E-state index contributed by atoms with van der Waals surface area (Å²) in [5.74, 6) is 0.656. The van der Waals surface area contributed by atoms with Crippen molar-refractivity contribution in [2.24, 2.45) is 0 Å². The molecule has 0 unspecified atom stereocenters. The number of ether oxygens (including phenoxy) is 1. The molecule has 0 spiro atoms. The number of piperazine rings is 1. The number of hydrogen-bond acceptors (Lipinski definition) is 5. The van der Waals surface area contributed by atoms with Crippen molar-refractivity contribution in [1.29, 1.82) is 0 Å². The van der Waals surface area contributed by atoms with E-state index in [1.54, 1.807) is 7.11 Å². The van der Waals surface area contributed by atoms with Gasteiger partial charge in [0.05, 0.1) is 39.3 Å². The van der Waals surface area contributed by atoms with Gasteiger partial charge in [-0.25, -0.2) is 9.07 Å². The van der Waals surface area contributed by atoms with E-state index in [0.29, 0.717) is 13.2 Å². The van der Waals surface area contributed by atoms with Crippen LogP contribution in [-0.2, 0) is 11.3 Å². The minimum atomic E-state index is -0.204. The van der Waals surface area contributed by atoms with E-state index in [-0.39, 0.29) is 11.9 Å². The van der Waals surface area contributed by atoms with Gasteiger partial charge in [0, 0.05) is 18.4 Å². The molecule has 1 atom stereocenters. The Morgan fingerprint density at radius 2 is 1.79 bits per heavy atom. The number of tetrazole rings is 1. The Hall–Kier alpha value is -2.84. The Balaban J connectivity index is 1.55. The van der Waals surface area contributed by atoms with Crippen LogP contribution in [0, 0.1) is 5.82 Å². The molecule has 29 heavy (non-hydrogen) atoms. The van der Waals surface area contributed by atoms with Crippen LogP contribution in [0.15, 0.2) is 54.6 Å². The minimum absolute atomic E-state index is 0.0541. The normalized spacial score (nSPS) is 16.1. The van der Waals surface area contributed by atoms with E-state index in [9.17, 15) is 4.39 Å². The van der Waals surface area contributed by atoms with Crippen LogP contribution in [-0.4, -0.2) is 60.1 Å². The number of halogens is 1. The molecule has 1 saturated heterocycles. The molecule has 0 aliphatic carbocycles. The van der Waals surface area contributed by atoms with Gasteiger partial charge in [-0.05, 0) is 34.7 Å². The van der Waals surface area contributed by atoms with Gasteiger partial charge in [0.15, 0.2) is 6.04 Å². The van der Waals surface area contributed by atoms with Crippen LogP contribution in [0.1, 0.15) is 17.4 Å². The second-order valence-electron chi connectivity index (χ2n) is 7.22. The first-order chi connectivity index (χ1) is 14.3. The molecule has 1 aliphatic heterocycles. The topological polar surface area (TPSA) is 60.5 Å². The summed E-state index contributed by atoms with van der Waals surface area (Å²) in [6.07, 6.45) is 0. The molecule has 2 aromatic carbocycles. The van der Waals surface area contributed by atoms with E-state index in [0.717, 1.165) is 37.7 Å². The van der Waals surface area contributed by atoms with Gasteiger partial charge in [0.25, 0.3) is 0 Å². The standard InChI is InChI=1S/C21H25FN6O/c1-29-16-15-28-21(23-24-25-28)20(17-5-3-2-4-6-17)27-13-11-26(12-14-27)19-9-7-18(22)8-10-19/h2-10,20H,11-16H2,1H3/p+1/t20-/m1/s1. The highest BCUT2D eigenvalue weighted by Crippen LogP contribution is 2.19. The average Bonchev–Trinajstić information content (AvgIpc) is 3.22. The van der Waals surface area contributed by atoms with E-state index in [1.165, 1.54) is 22.6 Å². The highest BCUT2D eigenvalue weighted by Gasteiger charge is 2.34. The van der Waals surface area contributed by atoms with Crippen molar-refractivity contribution < 1.29 is 14.0 Å². The Labute approximate surface area is 169 Å². The zero-order chi connectivity index (χ0) is 20.1. The predicted molar refractivity (Wildman–Crippen MR) is 107 cm³/mol. The number of aromatic nitrogens is 4. The molecular formula is C21H26FN6O+. The number of anilines is 1. The molecule has 1 N–H and O–H groups in total. The van der Waals surface area contributed by atoms with Gasteiger partial charge in [0.2, 0.25) is 5.82 Å². The average molecular weight is 397 g/mol. The fourth-order valence-electron chi connectivity index (χ4n) is 3.96. The molecule has 0 amide bonds. The van der Waals surface area contributed by atoms with Crippen LogP contribution in [0.3, 0.4) is 0 Å². The summed E-state index contributed by atoms with van der Waals surface area (Å²) >= 11 is 0. The molecule has 7 nitrogen and oxygen atoms in total. The first kappa shape index (κ1) is 19.5. The molecular weight excluding hydrogens is 371 g/mol. The van der Waals surface area contributed by atoms with Gasteiger partial charge in [-0.1, -0.05) is 30.3 Å². The largest absolute Gasteiger partial charge is 0.383 e. The molecule has 3 aromatic rings. The van der Waals surface area contributed by atoms with Crippen molar-refractivity contribution in [3.05, 3.63) is 71.8 Å². The van der Waals surface area contributed by atoms with Crippen molar-refractivity contribution in [2.45, 2.75) is 12.6 Å². The molecule has 2 heterocycles. The number of nitrogens with one attached hydrogen (secondary N) is 1. The number of rotatable bonds is 7. The van der Waals surface area contributed by atoms with Crippen LogP contribution in [0.5, 0.6) is 0 Å². The molecule has 4 rings (SSSR count). The predicted octanol–water partition coefficient (Wildman–Crippen LogP) is 0.953. The molecule has 8 heteroatoms. The zero-order valence-electron chi connectivity index (χ0n) is 16.5. The van der Waals surface area contributed by atoms with Crippen molar-refractivity contribution in [3.8, 4) is 0 Å². The summed E-state index contributed by atoms with van der Waals surface area (Å²) in [5.41, 5.74) is 2.26. The Kier molecular flexibility index (Phi) is 6.12. The lowest BCUT2D eigenvalue weighted by molar-refractivity contribution is -0.927. The van der Waals surface area contributed by atoms with E-state index < -0.39 is 0 Å². The molecule has 1 fully saturated rings. The summed E-state index contributed by atoms with van der Waals surface area (Å²) in [4.78, 5) is 3.72. The summed E-state index contributed by atoms with van der Waals surface area (Å²) in [5, 5.41) is 12.5. The molecule has 0 saturated carbocycles. The summed E-state index contributed by atoms with van der Waals surface area (Å²) in [6.45, 7) is 4.85. The van der Waals surface area contributed by atoms with Crippen molar-refractivity contribution in [3.63, 3.8) is 0 Å². The molecule has 0 bridgehead atoms. The van der Waals surface area contributed by atoms with E-state index >= 15 is 0 Å². The highest BCUT2D eigenvalue weighted by molar-refractivity contribution is 5.46. The Morgan fingerprint density at radius 3 is 2.48 bits per heavy atom. The third-order valence-corrected chi connectivity index (χ3v) is 5.46. The molecule has 1 aromatic heterocycles. The highest BCUT2D eigenvalue weighted by atomic mass is 19.1. The van der Waals surface area contributed by atoms with E-state index in [2.05, 4.69) is 44.7 Å². The monoisotopic (exact) mass is 397 g/mol. The summed E-state index contributed by atoms with van der Waals surface area (Å²) in [6, 6.07) is 17.2. The number of benzene rings is 2. The van der Waals surface area contributed by atoms with Crippen molar-refractivity contribution in [1.82, 2.24) is 20.2 Å². The maximum atomic E-state index is 13.2.